The summed E-state index contributed by atoms with van der Waals surface area (Å²) in [5.74, 6) is 1.51. The molecule has 0 bridgehead atoms. The van der Waals surface area contributed by atoms with Gasteiger partial charge in [-0.1, -0.05) is 65.8 Å². The van der Waals surface area contributed by atoms with Crippen molar-refractivity contribution in [2.45, 2.75) is 104 Å². The third-order valence-corrected chi connectivity index (χ3v) is 9.98. The second kappa shape index (κ2) is 11.6. The van der Waals surface area contributed by atoms with Crippen LogP contribution in [0.1, 0.15) is 110 Å². The molecule has 2 heteroatoms. The zero-order valence-corrected chi connectivity index (χ0v) is 23.7. The fraction of sp³-hybridized carbons (Fsp3) is 0.600. The lowest BCUT2D eigenvalue weighted by Crippen LogP contribution is -2.32. The Morgan fingerprint density at radius 2 is 0.844 bits per heavy atom. The Kier molecular flexibility index (Phi) is 9.42. The molecule has 1 aliphatic carbocycles. The smallest absolute Gasteiger partial charge is 0.00168 e. The van der Waals surface area contributed by atoms with Crippen LogP contribution < -0.4 is 0 Å². The molecule has 0 radical (unpaired) electrons. The third-order valence-electron chi connectivity index (χ3n) is 8.22. The van der Waals surface area contributed by atoms with Gasteiger partial charge in [0.05, 0.1) is 0 Å². The topological polar surface area (TPSA) is 0 Å². The van der Waals surface area contributed by atoms with E-state index >= 15 is 0 Å². The van der Waals surface area contributed by atoms with Gasteiger partial charge >= 0.3 is 0 Å². The van der Waals surface area contributed by atoms with E-state index in [0.717, 1.165) is 50.4 Å². The van der Waals surface area contributed by atoms with Crippen molar-refractivity contribution in [3.8, 4) is 0 Å². The molecule has 3 rings (SSSR count). The average Bonchev–Trinajstić information content (AvgIpc) is 2.80. The first-order chi connectivity index (χ1) is 15.4. The molecule has 0 aromatic heterocycles. The number of rotatable bonds is 10. The molecule has 32 heavy (non-hydrogen) atoms. The number of hydrogen-bond acceptors (Lipinski definition) is 0. The van der Waals surface area contributed by atoms with E-state index in [1.54, 1.807) is 44.5 Å². The molecular formula is C30H46P2. The minimum Gasteiger partial charge on any atom is -0.129 e. The first-order valence-electron chi connectivity index (χ1n) is 13.2. The van der Waals surface area contributed by atoms with Crippen molar-refractivity contribution in [3.05, 3.63) is 68.8 Å². The van der Waals surface area contributed by atoms with Crippen molar-refractivity contribution in [1.82, 2.24) is 0 Å². The van der Waals surface area contributed by atoms with Crippen LogP contribution in [0.15, 0.2) is 24.3 Å². The lowest BCUT2D eigenvalue weighted by atomic mass is 9.67. The summed E-state index contributed by atoms with van der Waals surface area (Å²) in [6, 6.07) is 10.1. The molecule has 2 aromatic rings. The Morgan fingerprint density at radius 3 is 1.03 bits per heavy atom. The van der Waals surface area contributed by atoms with Gasteiger partial charge in [0.15, 0.2) is 0 Å². The zero-order valence-electron chi connectivity index (χ0n) is 21.4. The van der Waals surface area contributed by atoms with Gasteiger partial charge in [-0.15, -0.1) is 18.5 Å². The minimum absolute atomic E-state index is 0.560. The van der Waals surface area contributed by atoms with Crippen molar-refractivity contribution >= 4 is 18.5 Å². The molecule has 2 aromatic carbocycles. The second-order valence-electron chi connectivity index (χ2n) is 9.71. The minimum atomic E-state index is 0.560. The molecule has 1 aliphatic rings. The lowest BCUT2D eigenvalue weighted by Gasteiger charge is -2.44. The van der Waals surface area contributed by atoms with Crippen LogP contribution in [-0.4, -0.2) is 0 Å². The van der Waals surface area contributed by atoms with Gasteiger partial charge in [-0.25, -0.2) is 0 Å². The zero-order chi connectivity index (χ0) is 23.4. The SMILES string of the molecule is CCc1cc(C(P)[C@@H]2CC[C@H]2C(P)c2cc(CC)c(CC)c(CC)c2)cc(CC)c1CC. The van der Waals surface area contributed by atoms with Crippen LogP contribution in [0.5, 0.6) is 0 Å². The fourth-order valence-electron chi connectivity index (χ4n) is 6.14. The Bertz CT molecular complexity index is 788. The Hall–Kier alpha value is -0.700. The Labute approximate surface area is 203 Å². The maximum atomic E-state index is 3.25. The molecule has 0 aliphatic heterocycles. The number of benzene rings is 2. The quantitative estimate of drug-likeness (QED) is 0.306. The molecule has 176 valence electrons. The van der Waals surface area contributed by atoms with Crippen molar-refractivity contribution in [2.75, 3.05) is 0 Å². The van der Waals surface area contributed by atoms with E-state index in [1.807, 2.05) is 0 Å². The Balaban J connectivity index is 1.89. The van der Waals surface area contributed by atoms with Gasteiger partial charge < -0.3 is 0 Å². The van der Waals surface area contributed by atoms with E-state index < -0.39 is 0 Å². The molecule has 0 heterocycles. The maximum absolute atomic E-state index is 3.25. The van der Waals surface area contributed by atoms with Crippen molar-refractivity contribution in [3.63, 3.8) is 0 Å². The van der Waals surface area contributed by atoms with Crippen LogP contribution in [0.2, 0.25) is 0 Å². The normalized spacial score (nSPS) is 20.1. The van der Waals surface area contributed by atoms with E-state index in [1.165, 1.54) is 12.8 Å². The number of hydrogen-bond donors (Lipinski definition) is 0. The largest absolute Gasteiger partial charge is 0.129 e. The summed E-state index contributed by atoms with van der Waals surface area (Å²) in [6.45, 7) is 13.9. The summed E-state index contributed by atoms with van der Waals surface area (Å²) in [7, 11) is 6.50. The molecule has 0 nitrogen and oxygen atoms in total. The van der Waals surface area contributed by atoms with Gasteiger partial charge in [0.1, 0.15) is 0 Å². The van der Waals surface area contributed by atoms with E-state index in [4.69, 9.17) is 0 Å². The summed E-state index contributed by atoms with van der Waals surface area (Å²) in [5, 5.41) is 0. The Morgan fingerprint density at radius 1 is 0.562 bits per heavy atom. The third kappa shape index (κ3) is 5.03. The van der Waals surface area contributed by atoms with E-state index in [9.17, 15) is 0 Å². The highest BCUT2D eigenvalue weighted by Gasteiger charge is 2.39. The highest BCUT2D eigenvalue weighted by molar-refractivity contribution is 7.17. The van der Waals surface area contributed by atoms with Gasteiger partial charge in [0.25, 0.3) is 0 Å². The van der Waals surface area contributed by atoms with Gasteiger partial charge in [0.2, 0.25) is 0 Å². The van der Waals surface area contributed by atoms with Gasteiger partial charge in [0, 0.05) is 11.3 Å². The molecule has 1 fully saturated rings. The molecule has 4 unspecified atom stereocenters. The molecular weight excluding hydrogens is 422 g/mol. The fourth-order valence-corrected chi connectivity index (χ4v) is 7.48. The molecule has 0 spiro atoms. The molecule has 1 saturated carbocycles. The van der Waals surface area contributed by atoms with Crippen LogP contribution >= 0.6 is 18.5 Å². The van der Waals surface area contributed by atoms with Gasteiger partial charge in [-0.05, 0) is 108 Å². The summed E-state index contributed by atoms with van der Waals surface area (Å²) >= 11 is 0. The van der Waals surface area contributed by atoms with Crippen LogP contribution in [-0.2, 0) is 38.5 Å². The van der Waals surface area contributed by atoms with Crippen LogP contribution in [0.3, 0.4) is 0 Å². The van der Waals surface area contributed by atoms with Crippen molar-refractivity contribution in [2.24, 2.45) is 11.8 Å². The first-order valence-corrected chi connectivity index (χ1v) is 14.6. The van der Waals surface area contributed by atoms with E-state index in [-0.39, 0.29) is 0 Å². The summed E-state index contributed by atoms with van der Waals surface area (Å²) in [5.41, 5.74) is 13.7. The molecule has 6 atom stereocenters. The van der Waals surface area contributed by atoms with Crippen LogP contribution in [0.25, 0.3) is 0 Å². The summed E-state index contributed by atoms with van der Waals surface area (Å²) in [6.07, 6.45) is 9.60. The first kappa shape index (κ1) is 25.9. The molecule has 0 N–H and O–H groups in total. The standard InChI is InChI=1S/C30H46P2/c1-7-19-15-23(16-20(8-2)25(19)11-5)29(31)27-13-14-28(27)30(32)24-17-21(9-3)26(12-6)22(10-4)18-24/h15-18,27-30H,7-14,31-32H2,1-6H3/t27-,28-,29?,30?/m1/s1. The maximum Gasteiger partial charge on any atom is 0.00168 e. The van der Waals surface area contributed by atoms with Crippen molar-refractivity contribution in [1.29, 1.82) is 0 Å². The monoisotopic (exact) mass is 468 g/mol. The number of aryl methyl sites for hydroxylation is 4. The highest BCUT2D eigenvalue weighted by Crippen LogP contribution is 2.55. The second-order valence-corrected chi connectivity index (χ2v) is 11.1. The summed E-state index contributed by atoms with van der Waals surface area (Å²) in [4.78, 5) is 0. The van der Waals surface area contributed by atoms with Gasteiger partial charge in [-0.2, -0.15) is 0 Å². The average molecular weight is 469 g/mol. The van der Waals surface area contributed by atoms with Crippen molar-refractivity contribution < 1.29 is 0 Å². The highest BCUT2D eigenvalue weighted by atomic mass is 31.0. The van der Waals surface area contributed by atoms with Crippen LogP contribution in [0, 0.1) is 11.8 Å². The van der Waals surface area contributed by atoms with Gasteiger partial charge in [-0.3, -0.25) is 0 Å². The lowest BCUT2D eigenvalue weighted by molar-refractivity contribution is 0.167. The predicted octanol–water partition coefficient (Wildman–Crippen LogP) is 8.62. The van der Waals surface area contributed by atoms with E-state index in [2.05, 4.69) is 84.3 Å². The van der Waals surface area contributed by atoms with Crippen LogP contribution in [0.4, 0.5) is 0 Å². The summed E-state index contributed by atoms with van der Waals surface area (Å²) < 4.78 is 0. The predicted molar refractivity (Wildman–Crippen MR) is 150 cm³/mol. The molecule has 0 saturated heterocycles. The molecule has 0 amide bonds. The van der Waals surface area contributed by atoms with E-state index in [0.29, 0.717) is 11.3 Å².